The van der Waals surface area contributed by atoms with Gasteiger partial charge in [-0.2, -0.15) is 0 Å². The zero-order valence-corrected chi connectivity index (χ0v) is 5.58. The van der Waals surface area contributed by atoms with E-state index >= 15 is 0 Å². The summed E-state index contributed by atoms with van der Waals surface area (Å²) >= 11 is 5.39. The molecule has 1 aliphatic rings. The van der Waals surface area contributed by atoms with Crippen LogP contribution in [0.15, 0.2) is 0 Å². The molecule has 0 aromatic carbocycles. The average Bonchev–Trinajstić information content (AvgIpc) is 2.13. The number of aliphatic hydroxyl groups excluding tert-OH is 2. The monoisotopic (exact) mass is 152 g/mol. The van der Waals surface area contributed by atoms with Gasteiger partial charge < -0.3 is 14.9 Å². The highest BCUT2D eigenvalue weighted by Gasteiger charge is 2.31. The summed E-state index contributed by atoms with van der Waals surface area (Å²) in [4.78, 5) is 0. The van der Waals surface area contributed by atoms with Crippen LogP contribution in [-0.2, 0) is 4.74 Å². The summed E-state index contributed by atoms with van der Waals surface area (Å²) in [5.74, 6) is 0.327. The Labute approximate surface area is 58.2 Å². The highest BCUT2D eigenvalue weighted by molar-refractivity contribution is 6.18. The normalized spacial score (nSPS) is 43.7. The Hall–Kier alpha value is 0.170. The minimum absolute atomic E-state index is 0.184. The lowest BCUT2D eigenvalue weighted by Gasteiger charge is -2.04. The number of aliphatic hydroxyl groups is 2. The summed E-state index contributed by atoms with van der Waals surface area (Å²) < 4.78 is 4.80. The summed E-state index contributed by atoms with van der Waals surface area (Å²) in [5, 5.41) is 17.6. The second kappa shape index (κ2) is 2.84. The molecule has 54 valence electrons. The Morgan fingerprint density at radius 3 is 2.44 bits per heavy atom. The maximum absolute atomic E-state index is 8.87. The number of alkyl halides is 1. The van der Waals surface area contributed by atoms with E-state index in [9.17, 15) is 0 Å². The molecule has 9 heavy (non-hydrogen) atoms. The van der Waals surface area contributed by atoms with Crippen LogP contribution in [0.1, 0.15) is 6.42 Å². The van der Waals surface area contributed by atoms with Crippen LogP contribution in [0.25, 0.3) is 0 Å². The van der Waals surface area contributed by atoms with Crippen LogP contribution in [0.5, 0.6) is 0 Å². The van der Waals surface area contributed by atoms with E-state index in [2.05, 4.69) is 0 Å². The topological polar surface area (TPSA) is 49.7 Å². The third-order valence-electron chi connectivity index (χ3n) is 1.34. The van der Waals surface area contributed by atoms with Gasteiger partial charge in [0.25, 0.3) is 0 Å². The van der Waals surface area contributed by atoms with E-state index in [4.69, 9.17) is 26.6 Å². The molecule has 0 unspecified atom stereocenters. The zero-order chi connectivity index (χ0) is 6.85. The highest BCUT2D eigenvalue weighted by Crippen LogP contribution is 2.18. The summed E-state index contributed by atoms with van der Waals surface area (Å²) in [6.45, 7) is 0. The van der Waals surface area contributed by atoms with Gasteiger partial charge in [-0.3, -0.25) is 0 Å². The summed E-state index contributed by atoms with van der Waals surface area (Å²) in [6, 6.07) is 0. The molecule has 1 aliphatic heterocycles. The van der Waals surface area contributed by atoms with Gasteiger partial charge >= 0.3 is 0 Å². The molecule has 0 saturated carbocycles. The van der Waals surface area contributed by atoms with Crippen LogP contribution in [0.2, 0.25) is 0 Å². The molecule has 1 heterocycles. The quantitative estimate of drug-likeness (QED) is 0.507. The summed E-state index contributed by atoms with van der Waals surface area (Å²) in [6.07, 6.45) is -1.54. The van der Waals surface area contributed by atoms with Crippen LogP contribution in [0.3, 0.4) is 0 Å². The third kappa shape index (κ3) is 1.55. The zero-order valence-electron chi connectivity index (χ0n) is 4.83. The SMILES string of the molecule is O[C@@H]1C[C@@H](CCl)O[C@H]1O. The number of ether oxygens (including phenoxy) is 1. The van der Waals surface area contributed by atoms with E-state index in [1.54, 1.807) is 0 Å². The lowest BCUT2D eigenvalue weighted by molar-refractivity contribution is -0.123. The third-order valence-corrected chi connectivity index (χ3v) is 1.68. The van der Waals surface area contributed by atoms with E-state index in [0.29, 0.717) is 12.3 Å². The Morgan fingerprint density at radius 2 is 2.22 bits per heavy atom. The molecule has 0 aromatic rings. The van der Waals surface area contributed by atoms with Gasteiger partial charge in [-0.1, -0.05) is 0 Å². The molecule has 0 spiro atoms. The molecule has 0 aromatic heterocycles. The molecule has 4 heteroatoms. The van der Waals surface area contributed by atoms with Gasteiger partial charge in [0.15, 0.2) is 6.29 Å². The van der Waals surface area contributed by atoms with E-state index in [-0.39, 0.29) is 6.10 Å². The Bertz CT molecular complexity index is 88.2. The summed E-state index contributed by atoms with van der Waals surface area (Å²) in [7, 11) is 0. The summed E-state index contributed by atoms with van der Waals surface area (Å²) in [5.41, 5.74) is 0. The number of hydrogen-bond acceptors (Lipinski definition) is 3. The van der Waals surface area contributed by atoms with Crippen molar-refractivity contribution >= 4 is 11.6 Å². The molecule has 0 amide bonds. The maximum atomic E-state index is 8.87. The predicted octanol–water partition coefficient (Wildman–Crippen LogP) is -0.307. The minimum atomic E-state index is -1.03. The Kier molecular flexibility index (Phi) is 2.29. The largest absolute Gasteiger partial charge is 0.388 e. The number of hydrogen-bond donors (Lipinski definition) is 2. The van der Waals surface area contributed by atoms with E-state index in [1.807, 2.05) is 0 Å². The smallest absolute Gasteiger partial charge is 0.181 e. The van der Waals surface area contributed by atoms with Gasteiger partial charge in [0.1, 0.15) is 6.10 Å². The molecule has 1 saturated heterocycles. The van der Waals surface area contributed by atoms with Crippen molar-refractivity contribution in [2.75, 3.05) is 5.88 Å². The lowest BCUT2D eigenvalue weighted by Crippen LogP contribution is -2.19. The second-order valence-corrected chi connectivity index (χ2v) is 2.41. The molecule has 0 radical (unpaired) electrons. The molecule has 2 N–H and O–H groups in total. The van der Waals surface area contributed by atoms with Crippen LogP contribution in [0.4, 0.5) is 0 Å². The fraction of sp³-hybridized carbons (Fsp3) is 1.00. The van der Waals surface area contributed by atoms with Gasteiger partial charge in [0.2, 0.25) is 0 Å². The molecule has 0 aliphatic carbocycles. The molecule has 3 nitrogen and oxygen atoms in total. The van der Waals surface area contributed by atoms with Crippen molar-refractivity contribution in [3.05, 3.63) is 0 Å². The maximum Gasteiger partial charge on any atom is 0.181 e. The van der Waals surface area contributed by atoms with Gasteiger partial charge in [-0.05, 0) is 0 Å². The minimum Gasteiger partial charge on any atom is -0.388 e. The average molecular weight is 153 g/mol. The van der Waals surface area contributed by atoms with E-state index in [1.165, 1.54) is 0 Å². The first kappa shape index (κ1) is 7.28. The predicted molar refractivity (Wildman–Crippen MR) is 32.2 cm³/mol. The Balaban J connectivity index is 2.35. The fourth-order valence-corrected chi connectivity index (χ4v) is 1.03. The van der Waals surface area contributed by atoms with Crippen molar-refractivity contribution in [3.63, 3.8) is 0 Å². The first-order valence-corrected chi connectivity index (χ1v) is 3.35. The van der Waals surface area contributed by atoms with Crippen molar-refractivity contribution < 1.29 is 14.9 Å². The first-order valence-electron chi connectivity index (χ1n) is 2.81. The van der Waals surface area contributed by atoms with Crippen LogP contribution < -0.4 is 0 Å². The molecular formula is C5H9ClO3. The second-order valence-electron chi connectivity index (χ2n) is 2.11. The fourth-order valence-electron chi connectivity index (χ4n) is 0.829. The van der Waals surface area contributed by atoms with Crippen LogP contribution in [0, 0.1) is 0 Å². The number of halogens is 1. The molecule has 1 fully saturated rings. The van der Waals surface area contributed by atoms with Gasteiger partial charge in [-0.25, -0.2) is 0 Å². The van der Waals surface area contributed by atoms with E-state index in [0.717, 1.165) is 0 Å². The van der Waals surface area contributed by atoms with Crippen molar-refractivity contribution in [2.45, 2.75) is 24.9 Å². The molecule has 1 rings (SSSR count). The highest BCUT2D eigenvalue weighted by atomic mass is 35.5. The number of rotatable bonds is 1. The molecule has 0 bridgehead atoms. The molecular weight excluding hydrogens is 144 g/mol. The van der Waals surface area contributed by atoms with Gasteiger partial charge in [-0.15, -0.1) is 11.6 Å². The van der Waals surface area contributed by atoms with Crippen molar-refractivity contribution in [2.24, 2.45) is 0 Å². The van der Waals surface area contributed by atoms with E-state index < -0.39 is 12.4 Å². The van der Waals surface area contributed by atoms with Crippen molar-refractivity contribution in [3.8, 4) is 0 Å². The van der Waals surface area contributed by atoms with Crippen molar-refractivity contribution in [1.82, 2.24) is 0 Å². The van der Waals surface area contributed by atoms with Crippen LogP contribution >= 0.6 is 11.6 Å². The van der Waals surface area contributed by atoms with Crippen LogP contribution in [-0.4, -0.2) is 34.6 Å². The molecule has 3 atom stereocenters. The first-order chi connectivity index (χ1) is 4.24. The Morgan fingerprint density at radius 1 is 1.56 bits per heavy atom. The van der Waals surface area contributed by atoms with Crippen molar-refractivity contribution in [1.29, 1.82) is 0 Å². The van der Waals surface area contributed by atoms with Gasteiger partial charge in [0, 0.05) is 12.3 Å². The lowest BCUT2D eigenvalue weighted by atomic mass is 10.2. The standard InChI is InChI=1S/C5H9ClO3/c6-2-3-1-4(7)5(8)9-3/h3-5,7-8H,1-2H2/t3-,4+,5+/m0/s1. The van der Waals surface area contributed by atoms with Gasteiger partial charge in [0.05, 0.1) is 6.10 Å².